The molecule has 0 aliphatic heterocycles. The fourth-order valence-corrected chi connectivity index (χ4v) is 2.53. The van der Waals surface area contributed by atoms with Crippen LogP contribution in [-0.2, 0) is 11.2 Å². The van der Waals surface area contributed by atoms with Crippen LogP contribution in [0.3, 0.4) is 0 Å². The van der Waals surface area contributed by atoms with Gasteiger partial charge >= 0.3 is 0 Å². The lowest BCUT2D eigenvalue weighted by Gasteiger charge is -2.27. The fraction of sp³-hybridized carbons (Fsp3) is 0.533. The Morgan fingerprint density at radius 2 is 1.84 bits per heavy atom. The summed E-state index contributed by atoms with van der Waals surface area (Å²) in [6.07, 6.45) is 4.48. The van der Waals surface area contributed by atoms with Gasteiger partial charge in [0.1, 0.15) is 0 Å². The molecule has 104 valence electrons. The number of carbonyl (C=O) groups is 1. The van der Waals surface area contributed by atoms with E-state index in [-0.39, 0.29) is 11.9 Å². The Hall–Kier alpha value is -1.39. The number of hydrogen-bond donors (Lipinski definition) is 3. The van der Waals surface area contributed by atoms with Gasteiger partial charge in [-0.1, -0.05) is 30.3 Å². The molecular weight excluding hydrogens is 238 g/mol. The van der Waals surface area contributed by atoms with Gasteiger partial charge in [-0.05, 0) is 37.7 Å². The number of rotatable bonds is 4. The zero-order chi connectivity index (χ0) is 13.7. The quantitative estimate of drug-likeness (QED) is 0.754. The van der Waals surface area contributed by atoms with Gasteiger partial charge in [-0.15, -0.1) is 0 Å². The third-order valence-electron chi connectivity index (χ3n) is 3.75. The second kappa shape index (κ2) is 6.68. The Balaban J connectivity index is 1.79. The number of carbonyl (C=O) groups excluding carboxylic acids is 1. The van der Waals surface area contributed by atoms with E-state index < -0.39 is 6.04 Å². The molecule has 4 nitrogen and oxygen atoms in total. The smallest absolute Gasteiger partial charge is 0.237 e. The average molecular weight is 261 g/mol. The minimum Gasteiger partial charge on any atom is -0.352 e. The van der Waals surface area contributed by atoms with E-state index in [0.717, 1.165) is 31.2 Å². The van der Waals surface area contributed by atoms with Crippen LogP contribution in [0.15, 0.2) is 30.3 Å². The molecule has 0 heterocycles. The summed E-state index contributed by atoms with van der Waals surface area (Å²) in [7, 11) is 0. The fourth-order valence-electron chi connectivity index (χ4n) is 2.53. The summed E-state index contributed by atoms with van der Waals surface area (Å²) in [6.45, 7) is 0. The van der Waals surface area contributed by atoms with E-state index >= 15 is 0 Å². The van der Waals surface area contributed by atoms with Crippen molar-refractivity contribution in [2.24, 2.45) is 11.5 Å². The van der Waals surface area contributed by atoms with Gasteiger partial charge in [-0.3, -0.25) is 4.79 Å². The Kier molecular flexibility index (Phi) is 4.93. The maximum Gasteiger partial charge on any atom is 0.237 e. The standard InChI is InChI=1S/C15H23N3O/c16-12-6-8-13(9-7-12)18-15(19)14(17)10-11-4-2-1-3-5-11/h1-5,12-14H,6-10,16-17H2,(H,18,19). The molecular formula is C15H23N3O. The highest BCUT2D eigenvalue weighted by atomic mass is 16.2. The van der Waals surface area contributed by atoms with E-state index in [0.29, 0.717) is 12.5 Å². The predicted octanol–water partition coefficient (Wildman–Crippen LogP) is 0.943. The minimum absolute atomic E-state index is 0.0516. The van der Waals surface area contributed by atoms with Crippen LogP contribution in [0.1, 0.15) is 31.2 Å². The molecule has 19 heavy (non-hydrogen) atoms. The maximum absolute atomic E-state index is 12.0. The number of hydrogen-bond acceptors (Lipinski definition) is 3. The summed E-state index contributed by atoms with van der Waals surface area (Å²) < 4.78 is 0. The highest BCUT2D eigenvalue weighted by molar-refractivity contribution is 5.82. The zero-order valence-electron chi connectivity index (χ0n) is 11.2. The molecule has 0 spiro atoms. The molecule has 5 N–H and O–H groups in total. The van der Waals surface area contributed by atoms with Gasteiger partial charge in [0.2, 0.25) is 5.91 Å². The van der Waals surface area contributed by atoms with Crippen molar-refractivity contribution in [2.45, 2.75) is 50.2 Å². The summed E-state index contributed by atoms with van der Waals surface area (Å²) in [5, 5.41) is 3.04. The topological polar surface area (TPSA) is 81.1 Å². The molecule has 4 heteroatoms. The molecule has 1 aliphatic carbocycles. The van der Waals surface area contributed by atoms with Gasteiger partial charge in [-0.2, -0.15) is 0 Å². The lowest BCUT2D eigenvalue weighted by Crippen LogP contribution is -2.48. The third kappa shape index (κ3) is 4.33. The van der Waals surface area contributed by atoms with Crippen LogP contribution < -0.4 is 16.8 Å². The third-order valence-corrected chi connectivity index (χ3v) is 3.75. The summed E-state index contributed by atoms with van der Waals surface area (Å²) in [5.41, 5.74) is 12.9. The molecule has 1 aromatic carbocycles. The van der Waals surface area contributed by atoms with Gasteiger partial charge < -0.3 is 16.8 Å². The first-order valence-electron chi connectivity index (χ1n) is 7.00. The van der Waals surface area contributed by atoms with Gasteiger partial charge in [0.05, 0.1) is 6.04 Å². The SMILES string of the molecule is NC1CCC(NC(=O)C(N)Cc2ccccc2)CC1. The maximum atomic E-state index is 12.0. The van der Waals surface area contributed by atoms with Crippen LogP contribution in [0.5, 0.6) is 0 Å². The van der Waals surface area contributed by atoms with Crippen LogP contribution in [0, 0.1) is 0 Å². The Bertz CT molecular complexity index is 399. The molecule has 2 rings (SSSR count). The number of amides is 1. The molecule has 1 amide bonds. The van der Waals surface area contributed by atoms with Crippen molar-refractivity contribution < 1.29 is 4.79 Å². The molecule has 1 aromatic rings. The lowest BCUT2D eigenvalue weighted by atomic mass is 9.91. The summed E-state index contributed by atoms with van der Waals surface area (Å²) in [4.78, 5) is 12.0. The molecule has 0 radical (unpaired) electrons. The van der Waals surface area contributed by atoms with Crippen molar-refractivity contribution in [3.05, 3.63) is 35.9 Å². The minimum atomic E-state index is -0.474. The van der Waals surface area contributed by atoms with Crippen molar-refractivity contribution in [1.82, 2.24) is 5.32 Å². The van der Waals surface area contributed by atoms with E-state index in [1.54, 1.807) is 0 Å². The monoisotopic (exact) mass is 261 g/mol. The highest BCUT2D eigenvalue weighted by Crippen LogP contribution is 2.17. The molecule has 0 bridgehead atoms. The van der Waals surface area contributed by atoms with Crippen molar-refractivity contribution in [1.29, 1.82) is 0 Å². The largest absolute Gasteiger partial charge is 0.352 e. The van der Waals surface area contributed by atoms with Crippen molar-refractivity contribution in [3.8, 4) is 0 Å². The molecule has 1 atom stereocenters. The van der Waals surface area contributed by atoms with Gasteiger partial charge in [0, 0.05) is 12.1 Å². The van der Waals surface area contributed by atoms with Gasteiger partial charge in [-0.25, -0.2) is 0 Å². The van der Waals surface area contributed by atoms with Gasteiger partial charge in [0.15, 0.2) is 0 Å². The first kappa shape index (κ1) is 14.0. The first-order chi connectivity index (χ1) is 9.15. The van der Waals surface area contributed by atoms with E-state index in [9.17, 15) is 4.79 Å². The van der Waals surface area contributed by atoms with Crippen LogP contribution in [0.2, 0.25) is 0 Å². The Morgan fingerprint density at radius 1 is 1.21 bits per heavy atom. The Labute approximate surface area is 114 Å². The normalized spacial score (nSPS) is 24.7. The lowest BCUT2D eigenvalue weighted by molar-refractivity contribution is -0.123. The van der Waals surface area contributed by atoms with Crippen LogP contribution in [0.25, 0.3) is 0 Å². The molecule has 1 saturated carbocycles. The summed E-state index contributed by atoms with van der Waals surface area (Å²) in [6, 6.07) is 9.93. The zero-order valence-corrected chi connectivity index (χ0v) is 11.2. The van der Waals surface area contributed by atoms with E-state index in [1.807, 2.05) is 30.3 Å². The van der Waals surface area contributed by atoms with E-state index in [4.69, 9.17) is 11.5 Å². The van der Waals surface area contributed by atoms with Crippen molar-refractivity contribution in [3.63, 3.8) is 0 Å². The number of benzene rings is 1. The van der Waals surface area contributed by atoms with Crippen LogP contribution in [-0.4, -0.2) is 24.0 Å². The molecule has 1 fully saturated rings. The highest BCUT2D eigenvalue weighted by Gasteiger charge is 2.22. The summed E-state index contributed by atoms with van der Waals surface area (Å²) >= 11 is 0. The number of nitrogens with one attached hydrogen (secondary N) is 1. The second-order valence-electron chi connectivity index (χ2n) is 5.42. The molecule has 1 unspecified atom stereocenters. The van der Waals surface area contributed by atoms with Crippen molar-refractivity contribution >= 4 is 5.91 Å². The Morgan fingerprint density at radius 3 is 2.47 bits per heavy atom. The van der Waals surface area contributed by atoms with Crippen LogP contribution >= 0.6 is 0 Å². The van der Waals surface area contributed by atoms with E-state index in [2.05, 4.69) is 5.32 Å². The first-order valence-corrected chi connectivity index (χ1v) is 7.00. The average Bonchev–Trinajstić information content (AvgIpc) is 2.42. The second-order valence-corrected chi connectivity index (χ2v) is 5.42. The number of nitrogens with two attached hydrogens (primary N) is 2. The van der Waals surface area contributed by atoms with Crippen LogP contribution in [0.4, 0.5) is 0 Å². The molecule has 0 aromatic heterocycles. The summed E-state index contributed by atoms with van der Waals surface area (Å²) in [5.74, 6) is -0.0516. The van der Waals surface area contributed by atoms with E-state index in [1.165, 1.54) is 0 Å². The van der Waals surface area contributed by atoms with Crippen molar-refractivity contribution in [2.75, 3.05) is 0 Å². The van der Waals surface area contributed by atoms with Gasteiger partial charge in [0.25, 0.3) is 0 Å². The molecule has 0 saturated heterocycles. The predicted molar refractivity (Wildman–Crippen MR) is 76.5 cm³/mol. The molecule has 1 aliphatic rings.